The van der Waals surface area contributed by atoms with E-state index >= 15 is 0 Å². The van der Waals surface area contributed by atoms with Gasteiger partial charge in [0.2, 0.25) is 0 Å². The molecule has 6 heterocycles. The number of carbonyl (C=O) groups excluding carboxylic acids is 3. The smallest absolute Gasteiger partial charge is 0.338 e. The molecule has 21 heteroatoms. The highest BCUT2D eigenvalue weighted by molar-refractivity contribution is 5.90. The number of hydrogen-bond acceptors (Lipinski definition) is 19. The van der Waals surface area contributed by atoms with Gasteiger partial charge in [-0.2, -0.15) is 0 Å². The number of aliphatic hydroxyl groups excluding tert-OH is 3. The zero-order valence-electron chi connectivity index (χ0n) is 38.0. The number of hydrogen-bond donors (Lipinski definition) is 5. The average molecular weight is 949 g/mol. The van der Waals surface area contributed by atoms with Crippen molar-refractivity contribution in [2.24, 2.45) is 0 Å². The number of anilines is 2. The lowest BCUT2D eigenvalue weighted by Crippen LogP contribution is -2.28. The molecule has 21 nitrogen and oxygen atoms in total. The molecule has 2 aliphatic heterocycles. The summed E-state index contributed by atoms with van der Waals surface area (Å²) in [5, 5.41) is 37.0. The fourth-order valence-electron chi connectivity index (χ4n) is 9.24. The molecule has 0 radical (unpaired) electrons. The minimum Gasteiger partial charge on any atom is -0.459 e. The minimum absolute atomic E-state index is 0.0178. The molecule has 2 saturated carbocycles. The molecular formula is C48H56N10O11. The number of nitrogens with one attached hydrogen (secondary N) is 2. The Morgan fingerprint density at radius 2 is 1.06 bits per heavy atom. The van der Waals surface area contributed by atoms with Gasteiger partial charge in [-0.25, -0.2) is 39.5 Å². The summed E-state index contributed by atoms with van der Waals surface area (Å²) in [6.07, 6.45) is 9.03. The minimum atomic E-state index is -0.797. The molecule has 69 heavy (non-hydrogen) atoms. The topological polar surface area (TPSA) is 269 Å². The quantitative estimate of drug-likeness (QED) is 0.0778. The van der Waals surface area contributed by atoms with Gasteiger partial charge < -0.3 is 49.6 Å². The number of aromatic nitrogens is 8. The molecule has 4 fully saturated rings. The van der Waals surface area contributed by atoms with Crippen molar-refractivity contribution < 1.29 is 53.4 Å². The molecule has 4 aromatic heterocycles. The Morgan fingerprint density at radius 3 is 1.54 bits per heavy atom. The van der Waals surface area contributed by atoms with Crippen molar-refractivity contribution >= 4 is 51.9 Å². The number of benzene rings is 2. The summed E-state index contributed by atoms with van der Waals surface area (Å²) in [5.41, 5.74) is 3.18. The van der Waals surface area contributed by atoms with Gasteiger partial charge in [0.05, 0.1) is 48.2 Å². The van der Waals surface area contributed by atoms with E-state index in [1.165, 1.54) is 19.6 Å². The van der Waals surface area contributed by atoms with E-state index in [1.54, 1.807) is 70.3 Å². The Morgan fingerprint density at radius 1 is 0.609 bits per heavy atom. The van der Waals surface area contributed by atoms with Crippen LogP contribution in [0.25, 0.3) is 22.3 Å². The number of rotatable bonds is 13. The largest absolute Gasteiger partial charge is 0.459 e. The highest BCUT2D eigenvalue weighted by atomic mass is 16.6. The second-order valence-corrected chi connectivity index (χ2v) is 17.8. The molecule has 0 unspecified atom stereocenters. The van der Waals surface area contributed by atoms with Crippen LogP contribution >= 0.6 is 0 Å². The zero-order chi connectivity index (χ0) is 47.9. The van der Waals surface area contributed by atoms with Gasteiger partial charge in [-0.3, -0.25) is 13.9 Å². The molecule has 4 aliphatic rings. The monoisotopic (exact) mass is 948 g/mol. The van der Waals surface area contributed by atoms with E-state index in [1.807, 2.05) is 12.1 Å². The van der Waals surface area contributed by atoms with E-state index in [4.69, 9.17) is 23.7 Å². The summed E-state index contributed by atoms with van der Waals surface area (Å²) in [6, 6.07) is 17.9. The maximum absolute atomic E-state index is 12.3. The SMILES string of the molecule is CC(=O)O[C@H]1C[C@@H](COC(=O)c2ccccc2)O[C@H]1n1cnc2c(NC3CCC(O)CC3)ncnc21.O=C(OC[C@@H]1C[C@H](O)[C@H](n2cnc3c(NC4CCC(O)CC4)ncnc32)O1)c1ccccc1. The van der Waals surface area contributed by atoms with Gasteiger partial charge in [0.15, 0.2) is 46.4 Å². The number of carbonyl (C=O) groups is 3. The molecule has 2 aromatic carbocycles. The van der Waals surface area contributed by atoms with Crippen molar-refractivity contribution in [1.82, 2.24) is 39.0 Å². The molecule has 364 valence electrons. The van der Waals surface area contributed by atoms with Crippen LogP contribution in [0.1, 0.15) is 104 Å². The summed E-state index contributed by atoms with van der Waals surface area (Å²) in [4.78, 5) is 62.8. The van der Waals surface area contributed by atoms with E-state index in [2.05, 4.69) is 40.5 Å². The summed E-state index contributed by atoms with van der Waals surface area (Å²) in [7, 11) is 0. The summed E-state index contributed by atoms with van der Waals surface area (Å²) >= 11 is 0. The first-order valence-corrected chi connectivity index (χ1v) is 23.4. The molecular weight excluding hydrogens is 893 g/mol. The fraction of sp³-hybridized carbons (Fsp3) is 0.479. The van der Waals surface area contributed by atoms with Crippen LogP contribution in [0.2, 0.25) is 0 Å². The second-order valence-electron chi connectivity index (χ2n) is 17.8. The Balaban J connectivity index is 0.000000172. The van der Waals surface area contributed by atoms with E-state index in [-0.39, 0.29) is 37.5 Å². The van der Waals surface area contributed by atoms with Crippen molar-refractivity contribution in [3.63, 3.8) is 0 Å². The number of esters is 3. The Bertz CT molecular complexity index is 2670. The lowest BCUT2D eigenvalue weighted by atomic mass is 9.93. The van der Waals surface area contributed by atoms with Crippen LogP contribution in [0.3, 0.4) is 0 Å². The van der Waals surface area contributed by atoms with Gasteiger partial charge in [0.1, 0.15) is 38.1 Å². The third-order valence-corrected chi connectivity index (χ3v) is 12.8. The molecule has 10 rings (SSSR count). The van der Waals surface area contributed by atoms with Crippen molar-refractivity contribution in [2.75, 3.05) is 23.8 Å². The highest BCUT2D eigenvalue weighted by Crippen LogP contribution is 2.36. The third kappa shape index (κ3) is 11.5. The standard InChI is InChI=1S/C25H29N5O6.C23H27N5O5/c1-15(31)35-20-11-19(12-34-25(33)16-5-3-2-4-6-16)36-24(20)30-14-28-21-22(26-13-27-23(21)30)29-17-7-9-18(32)10-8-17;29-16-8-6-15(7-9-16)27-20-19-21(25-12-24-20)28(13-26-19)22-18(30)10-17(33-22)11-32-23(31)14-4-2-1-3-5-14/h2-6,13-14,17-20,24,32H,7-12H2,1H3,(H,26,27,29);1-5,12-13,15-18,22,29-30H,6-11H2,(H,24,25,27)/t17?,18?,19-,20-,24+;15?,16?,17-,18-,22+/m00/s1. The van der Waals surface area contributed by atoms with Crippen LogP contribution in [-0.4, -0.2) is 134 Å². The van der Waals surface area contributed by atoms with E-state index < -0.39 is 54.8 Å². The van der Waals surface area contributed by atoms with Crippen LogP contribution in [-0.2, 0) is 28.5 Å². The zero-order valence-corrected chi connectivity index (χ0v) is 38.0. The normalized spacial score (nSPS) is 26.7. The van der Waals surface area contributed by atoms with Crippen LogP contribution in [0.4, 0.5) is 11.6 Å². The maximum atomic E-state index is 12.3. The number of fused-ring (bicyclic) bond motifs is 2. The van der Waals surface area contributed by atoms with Crippen LogP contribution in [0.15, 0.2) is 86.0 Å². The Kier molecular flexibility index (Phi) is 14.9. The van der Waals surface area contributed by atoms with Gasteiger partial charge in [0.25, 0.3) is 0 Å². The van der Waals surface area contributed by atoms with Gasteiger partial charge in [-0.05, 0) is 75.6 Å². The predicted molar refractivity (Wildman–Crippen MR) is 246 cm³/mol. The van der Waals surface area contributed by atoms with Crippen molar-refractivity contribution in [3.05, 3.63) is 97.1 Å². The van der Waals surface area contributed by atoms with Crippen LogP contribution < -0.4 is 10.6 Å². The lowest BCUT2D eigenvalue weighted by molar-refractivity contribution is -0.152. The van der Waals surface area contributed by atoms with Gasteiger partial charge in [0, 0.05) is 31.8 Å². The highest BCUT2D eigenvalue weighted by Gasteiger charge is 2.41. The fourth-order valence-corrected chi connectivity index (χ4v) is 9.24. The Labute approximate surface area is 396 Å². The van der Waals surface area contributed by atoms with E-state index in [0.29, 0.717) is 57.9 Å². The summed E-state index contributed by atoms with van der Waals surface area (Å²) in [5.74, 6) is -0.0738. The first-order chi connectivity index (χ1) is 33.6. The van der Waals surface area contributed by atoms with Crippen LogP contribution in [0.5, 0.6) is 0 Å². The molecule has 6 atom stereocenters. The molecule has 2 saturated heterocycles. The summed E-state index contributed by atoms with van der Waals surface area (Å²) in [6.45, 7) is 1.41. The van der Waals surface area contributed by atoms with Crippen LogP contribution in [0, 0.1) is 0 Å². The molecule has 6 aromatic rings. The molecule has 0 amide bonds. The maximum Gasteiger partial charge on any atom is 0.338 e. The van der Waals surface area contributed by atoms with E-state index in [9.17, 15) is 29.7 Å². The molecule has 0 bridgehead atoms. The van der Waals surface area contributed by atoms with Gasteiger partial charge in [-0.1, -0.05) is 36.4 Å². The van der Waals surface area contributed by atoms with Crippen molar-refractivity contribution in [2.45, 2.75) is 132 Å². The molecule has 0 spiro atoms. The predicted octanol–water partition coefficient (Wildman–Crippen LogP) is 4.67. The number of ether oxygens (including phenoxy) is 5. The lowest BCUT2D eigenvalue weighted by Gasteiger charge is -2.26. The number of nitrogens with zero attached hydrogens (tertiary/aromatic N) is 8. The van der Waals surface area contributed by atoms with Gasteiger partial charge >= 0.3 is 17.9 Å². The second kappa shape index (κ2) is 21.8. The van der Waals surface area contributed by atoms with Crippen molar-refractivity contribution in [3.8, 4) is 0 Å². The first-order valence-electron chi connectivity index (χ1n) is 23.4. The van der Waals surface area contributed by atoms with Gasteiger partial charge in [-0.15, -0.1) is 0 Å². The molecule has 2 aliphatic carbocycles. The molecule has 5 N–H and O–H groups in total. The van der Waals surface area contributed by atoms with Crippen molar-refractivity contribution in [1.29, 1.82) is 0 Å². The average Bonchev–Trinajstić information content (AvgIpc) is 4.17. The third-order valence-electron chi connectivity index (χ3n) is 12.8. The Hall–Kier alpha value is -6.65. The number of imidazole rings is 2. The summed E-state index contributed by atoms with van der Waals surface area (Å²) < 4.78 is 32.0. The first kappa shape index (κ1) is 47.4. The van der Waals surface area contributed by atoms with E-state index in [0.717, 1.165) is 51.4 Å². The number of aliphatic hydroxyl groups is 3.